The minimum absolute atomic E-state index is 1.52. The minimum Gasteiger partial charge on any atom is -0.605 e. The Kier molecular flexibility index (Phi) is 2.46. The van der Waals surface area contributed by atoms with E-state index in [2.05, 4.69) is 0 Å². The average molecular weight is 189 g/mol. The van der Waals surface area contributed by atoms with E-state index in [1.54, 1.807) is 0 Å². The molecule has 0 rings (SSSR count). The van der Waals surface area contributed by atoms with Crippen molar-refractivity contribution < 1.29 is 4.89 Å². The maximum atomic E-state index is 9.25. The van der Waals surface area contributed by atoms with Crippen LogP contribution >= 0.6 is 27.6 Å². The van der Waals surface area contributed by atoms with E-state index < -0.39 is 5.58 Å². The van der Waals surface area contributed by atoms with Gasteiger partial charge in [-0.3, -0.25) is 0 Å². The summed E-state index contributed by atoms with van der Waals surface area (Å²) >= 11 is 1.52. The van der Waals surface area contributed by atoms with Gasteiger partial charge in [-0.1, -0.05) is 0 Å². The Morgan fingerprint density at radius 2 is 2.00 bits per heavy atom. The van der Waals surface area contributed by atoms with Crippen LogP contribution in [0.3, 0.4) is 0 Å². The van der Waals surface area contributed by atoms with Crippen molar-refractivity contribution in [1.82, 2.24) is 0 Å². The first-order valence-corrected chi connectivity index (χ1v) is 4.62. The van der Waals surface area contributed by atoms with E-state index >= 15 is 0 Å². The van der Waals surface area contributed by atoms with Gasteiger partial charge in [0, 0.05) is 0 Å². The van der Waals surface area contributed by atoms with E-state index in [4.69, 9.17) is 5.16 Å². The lowest BCUT2D eigenvalue weighted by Crippen LogP contribution is -1.71. The van der Waals surface area contributed by atoms with Gasteiger partial charge in [-0.05, 0) is 0 Å². The maximum absolute atomic E-state index is 9.25. The van der Waals surface area contributed by atoms with Crippen LogP contribution in [0.4, 0.5) is 0 Å². The molecule has 0 aromatic carbocycles. The Hall–Kier alpha value is 0.790. The van der Waals surface area contributed by atoms with E-state index in [1.165, 1.54) is 22.0 Å². The summed E-state index contributed by atoms with van der Waals surface area (Å²) in [5.41, 5.74) is -1.65. The number of hydrogen-bond acceptors (Lipinski definition) is 2. The van der Waals surface area contributed by atoms with Crippen molar-refractivity contribution >= 4 is 27.6 Å². The highest BCUT2D eigenvalue weighted by molar-refractivity contribution is 14.2. The molecular weight excluding hydrogens is 188 g/mol. The molecule has 0 bridgehead atoms. The normalized spacial score (nSPS) is 11.0. The highest BCUT2D eigenvalue weighted by Crippen LogP contribution is 2.17. The summed E-state index contributed by atoms with van der Waals surface area (Å²) in [6.45, 7) is 0. The van der Waals surface area contributed by atoms with Gasteiger partial charge in [-0.2, -0.15) is 0 Å². The van der Waals surface area contributed by atoms with Crippen molar-refractivity contribution in [2.24, 2.45) is 0 Å². The molecule has 24 valence electrons. The zero-order valence-corrected chi connectivity index (χ0v) is 4.79. The minimum atomic E-state index is -1.65. The van der Waals surface area contributed by atoms with Crippen LogP contribution in [0.5, 0.6) is 0 Å². The van der Waals surface area contributed by atoms with Crippen molar-refractivity contribution in [2.75, 3.05) is 0 Å². The molecule has 0 saturated carbocycles. The van der Waals surface area contributed by atoms with Crippen LogP contribution in [0, 0.1) is 5.16 Å². The van der Waals surface area contributed by atoms with Crippen molar-refractivity contribution in [3.63, 3.8) is 0 Å². The largest absolute Gasteiger partial charge is 0.605 e. The first kappa shape index (κ1) is 4.79. The molecule has 4 heavy (non-hydrogen) atoms. The Labute approximate surface area is 38.1 Å². The molecule has 2 nitrogen and oxygen atoms in total. The molecule has 0 amide bonds. The lowest BCUT2D eigenvalue weighted by atomic mass is 14.0. The summed E-state index contributed by atoms with van der Waals surface area (Å²) in [7, 11) is 0. The third kappa shape index (κ3) is 14.3. The zero-order valence-electron chi connectivity index (χ0n) is 1.73. The Morgan fingerprint density at radius 3 is 2.00 bits per heavy atom. The molecule has 0 spiro atoms. The van der Waals surface area contributed by atoms with Crippen molar-refractivity contribution in [3.05, 3.63) is 0 Å². The van der Waals surface area contributed by atoms with E-state index in [1.807, 2.05) is 0 Å². The molecule has 0 aliphatic carbocycles. The van der Waals surface area contributed by atoms with Crippen LogP contribution in [0.25, 0.3) is 0 Å². The molecule has 0 aliphatic rings. The molecule has 1 atom stereocenters. The van der Waals surface area contributed by atoms with Gasteiger partial charge in [0.2, 0.25) is 5.58 Å². The summed E-state index contributed by atoms with van der Waals surface area (Å²) in [5.74, 6) is 0. The molecule has 4 heteroatoms. The highest BCUT2D eigenvalue weighted by atomic mass is 127. The molecule has 1 N–H and O–H groups in total. The van der Waals surface area contributed by atoms with Gasteiger partial charge in [0.05, 0.1) is 0 Å². The van der Waals surface area contributed by atoms with E-state index in [0.717, 1.165) is 0 Å². The van der Waals surface area contributed by atoms with Gasteiger partial charge in [-0.25, -0.2) is 0 Å². The summed E-state index contributed by atoms with van der Waals surface area (Å²) in [5, 5.41) is 6.08. The van der Waals surface area contributed by atoms with Gasteiger partial charge in [0.1, 0.15) is 0 Å². The summed E-state index contributed by atoms with van der Waals surface area (Å²) < 4.78 is 0. The van der Waals surface area contributed by atoms with Crippen molar-refractivity contribution in [2.45, 2.75) is 0 Å². The summed E-state index contributed by atoms with van der Waals surface area (Å²) in [4.78, 5) is 9.25. The second-order valence-electron chi connectivity index (χ2n) is 0.245. The van der Waals surface area contributed by atoms with Crippen molar-refractivity contribution in [3.8, 4) is 0 Å². The number of rotatable bonds is 0. The van der Waals surface area contributed by atoms with Crippen LogP contribution in [0.1, 0.15) is 0 Å². The van der Waals surface area contributed by atoms with Crippen LogP contribution in [-0.4, -0.2) is 0 Å². The fourth-order valence-electron chi connectivity index (χ4n) is 0. The van der Waals surface area contributed by atoms with E-state index in [9.17, 15) is 4.89 Å². The molecule has 0 fully saturated rings. The molecule has 0 aromatic rings. The van der Waals surface area contributed by atoms with Crippen LogP contribution in [0.2, 0.25) is 0 Å². The molecule has 0 aliphatic heterocycles. The van der Waals surface area contributed by atoms with Crippen molar-refractivity contribution in [1.29, 1.82) is 5.16 Å². The third-order valence-corrected chi connectivity index (χ3v) is 0. The SMILES string of the molecule is N=[P+]([O-])I. The smallest absolute Gasteiger partial charge is 0.251 e. The lowest BCUT2D eigenvalue weighted by molar-refractivity contribution is -0.148. The Balaban J connectivity index is 2.80. The molecule has 0 aromatic heterocycles. The number of halogens is 1. The molecule has 0 radical (unpaired) electrons. The van der Waals surface area contributed by atoms with Gasteiger partial charge in [-0.15, -0.1) is 5.16 Å². The van der Waals surface area contributed by atoms with Gasteiger partial charge in [0.15, 0.2) is 0 Å². The second-order valence-corrected chi connectivity index (χ2v) is 3.36. The van der Waals surface area contributed by atoms with E-state index in [-0.39, 0.29) is 0 Å². The molecule has 0 heterocycles. The molecule has 0 saturated heterocycles. The van der Waals surface area contributed by atoms with Crippen LogP contribution in [0.15, 0.2) is 0 Å². The highest BCUT2D eigenvalue weighted by Gasteiger charge is 1.66. The first-order chi connectivity index (χ1) is 1.73. The van der Waals surface area contributed by atoms with E-state index in [0.29, 0.717) is 0 Å². The Bertz CT molecular complexity index is 31.0. The predicted octanol–water partition coefficient (Wildman–Crippen LogP) is 0.856. The van der Waals surface area contributed by atoms with Gasteiger partial charge >= 0.3 is 0 Å². The molecule has 1 unspecified atom stereocenters. The number of nitrogens with one attached hydrogen (secondary N) is 1. The zero-order chi connectivity index (χ0) is 3.58. The quantitative estimate of drug-likeness (QED) is 0.445. The Morgan fingerprint density at radius 1 is 2.00 bits per heavy atom. The second kappa shape index (κ2) is 2.05. The first-order valence-electron chi connectivity index (χ1n) is 0.575. The maximum Gasteiger partial charge on any atom is 0.251 e. The van der Waals surface area contributed by atoms with Gasteiger partial charge < -0.3 is 4.89 Å². The average Bonchev–Trinajstić information content (AvgIpc) is 0.811. The number of hydrogen-bond donors (Lipinski definition) is 1. The fourth-order valence-corrected chi connectivity index (χ4v) is 0. The fraction of sp³-hybridized carbons (Fsp3) is 0. The summed E-state index contributed by atoms with van der Waals surface area (Å²) in [6, 6.07) is 0. The monoisotopic (exact) mass is 189 g/mol. The van der Waals surface area contributed by atoms with Gasteiger partial charge in [0.25, 0.3) is 22.0 Å². The van der Waals surface area contributed by atoms with Crippen LogP contribution < -0.4 is 4.89 Å². The third-order valence-electron chi connectivity index (χ3n) is 0. The predicted molar refractivity (Wildman–Crippen MR) is 23.7 cm³/mol. The topological polar surface area (TPSA) is 46.9 Å². The summed E-state index contributed by atoms with van der Waals surface area (Å²) in [6.07, 6.45) is 0. The standard InChI is InChI=1S/HINOP/c1-4(2)3/h2H. The van der Waals surface area contributed by atoms with Crippen LogP contribution in [-0.2, 0) is 0 Å². The molecular formula is HINOP. The lowest BCUT2D eigenvalue weighted by Gasteiger charge is -1.62.